The van der Waals surface area contributed by atoms with E-state index in [1.165, 1.54) is 12.1 Å². The van der Waals surface area contributed by atoms with E-state index in [0.717, 1.165) is 12.0 Å². The molecule has 1 aliphatic rings. The van der Waals surface area contributed by atoms with Gasteiger partial charge in [-0.05, 0) is 38.8 Å². The van der Waals surface area contributed by atoms with Gasteiger partial charge in [-0.3, -0.25) is 9.59 Å². The summed E-state index contributed by atoms with van der Waals surface area (Å²) in [6.45, 7) is 3.99. The van der Waals surface area contributed by atoms with Crippen LogP contribution in [0.15, 0.2) is 18.2 Å². The van der Waals surface area contributed by atoms with Crippen LogP contribution in [-0.2, 0) is 4.79 Å². The van der Waals surface area contributed by atoms with E-state index in [1.807, 2.05) is 0 Å². The molecule has 2 rings (SSSR count). The molecule has 112 valence electrons. The third-order valence-corrected chi connectivity index (χ3v) is 3.68. The fourth-order valence-electron chi connectivity index (χ4n) is 2.42. The molecule has 0 radical (unpaired) electrons. The maximum atomic E-state index is 12.3. The van der Waals surface area contributed by atoms with Crippen molar-refractivity contribution in [1.29, 1.82) is 0 Å². The number of nitrogens with one attached hydrogen (secondary N) is 2. The molecule has 0 unspecified atom stereocenters. The standard InChI is InChI=1S/C15H18N2O4/c1-9-4-5-10(11(8-9)13(19)20)12(18)17-15(2)6-3-7-16-14(15)21/h4-5,8H,3,6-7H2,1-2H3,(H,16,21)(H,17,18)(H,19,20)/t15-/m1/s1. The van der Waals surface area contributed by atoms with Crippen molar-refractivity contribution in [2.24, 2.45) is 0 Å². The zero-order valence-electron chi connectivity index (χ0n) is 12.0. The lowest BCUT2D eigenvalue weighted by Gasteiger charge is -2.33. The molecule has 0 spiro atoms. The Balaban J connectivity index is 2.28. The first-order valence-corrected chi connectivity index (χ1v) is 6.78. The first-order valence-electron chi connectivity index (χ1n) is 6.78. The molecular formula is C15H18N2O4. The summed E-state index contributed by atoms with van der Waals surface area (Å²) in [6, 6.07) is 4.59. The average Bonchev–Trinajstić information content (AvgIpc) is 2.42. The van der Waals surface area contributed by atoms with Crippen molar-refractivity contribution >= 4 is 17.8 Å². The van der Waals surface area contributed by atoms with E-state index in [9.17, 15) is 19.5 Å². The van der Waals surface area contributed by atoms with Gasteiger partial charge in [-0.1, -0.05) is 11.6 Å². The van der Waals surface area contributed by atoms with E-state index in [4.69, 9.17) is 0 Å². The van der Waals surface area contributed by atoms with Crippen molar-refractivity contribution in [3.8, 4) is 0 Å². The molecule has 6 heteroatoms. The highest BCUT2D eigenvalue weighted by Crippen LogP contribution is 2.19. The van der Waals surface area contributed by atoms with Crippen molar-refractivity contribution in [1.82, 2.24) is 10.6 Å². The summed E-state index contributed by atoms with van der Waals surface area (Å²) >= 11 is 0. The monoisotopic (exact) mass is 290 g/mol. The minimum absolute atomic E-state index is 0.0627. The van der Waals surface area contributed by atoms with Gasteiger partial charge in [0, 0.05) is 6.54 Å². The lowest BCUT2D eigenvalue weighted by molar-refractivity contribution is -0.128. The highest BCUT2D eigenvalue weighted by Gasteiger charge is 2.37. The number of carboxylic acid groups (broad SMARTS) is 1. The highest BCUT2D eigenvalue weighted by molar-refractivity contribution is 6.06. The van der Waals surface area contributed by atoms with Gasteiger partial charge in [0.25, 0.3) is 5.91 Å². The largest absolute Gasteiger partial charge is 0.478 e. The van der Waals surface area contributed by atoms with Gasteiger partial charge in [-0.2, -0.15) is 0 Å². The summed E-state index contributed by atoms with van der Waals surface area (Å²) in [7, 11) is 0. The predicted octanol–water partition coefficient (Wildman–Crippen LogP) is 1.09. The van der Waals surface area contributed by atoms with Gasteiger partial charge >= 0.3 is 5.97 Å². The summed E-state index contributed by atoms with van der Waals surface area (Å²) < 4.78 is 0. The van der Waals surface area contributed by atoms with Gasteiger partial charge < -0.3 is 15.7 Å². The fraction of sp³-hybridized carbons (Fsp3) is 0.400. The normalized spacial score (nSPS) is 21.5. The Morgan fingerprint density at radius 3 is 2.67 bits per heavy atom. The zero-order valence-corrected chi connectivity index (χ0v) is 12.0. The molecule has 1 aromatic rings. The van der Waals surface area contributed by atoms with E-state index >= 15 is 0 Å². The third-order valence-electron chi connectivity index (χ3n) is 3.68. The minimum atomic E-state index is -1.16. The Kier molecular flexibility index (Phi) is 3.97. The van der Waals surface area contributed by atoms with Crippen LogP contribution in [0.1, 0.15) is 46.0 Å². The Labute approximate surface area is 122 Å². The fourth-order valence-corrected chi connectivity index (χ4v) is 2.42. The summed E-state index contributed by atoms with van der Waals surface area (Å²) in [4.78, 5) is 35.5. The maximum Gasteiger partial charge on any atom is 0.336 e. The quantitative estimate of drug-likeness (QED) is 0.776. The van der Waals surface area contributed by atoms with Crippen LogP contribution in [0.2, 0.25) is 0 Å². The molecule has 0 saturated carbocycles. The molecule has 0 bridgehead atoms. The number of hydrogen-bond donors (Lipinski definition) is 3. The Morgan fingerprint density at radius 1 is 1.33 bits per heavy atom. The van der Waals surface area contributed by atoms with Gasteiger partial charge in [-0.25, -0.2) is 4.79 Å². The molecule has 2 amide bonds. The lowest BCUT2D eigenvalue weighted by Crippen LogP contribution is -2.59. The molecule has 21 heavy (non-hydrogen) atoms. The SMILES string of the molecule is Cc1ccc(C(=O)N[C@]2(C)CCCNC2=O)c(C(=O)O)c1. The number of carboxylic acids is 1. The molecular weight excluding hydrogens is 272 g/mol. The van der Waals surface area contributed by atoms with Crippen molar-refractivity contribution in [2.75, 3.05) is 6.54 Å². The second-order valence-corrected chi connectivity index (χ2v) is 5.50. The number of carbonyl (C=O) groups is 3. The van der Waals surface area contributed by atoms with E-state index in [2.05, 4.69) is 10.6 Å². The van der Waals surface area contributed by atoms with Crippen LogP contribution in [-0.4, -0.2) is 35.0 Å². The zero-order chi connectivity index (χ0) is 15.6. The molecule has 1 atom stereocenters. The van der Waals surface area contributed by atoms with E-state index in [0.29, 0.717) is 13.0 Å². The molecule has 0 aromatic heterocycles. The number of piperidine rings is 1. The van der Waals surface area contributed by atoms with Crippen molar-refractivity contribution in [3.63, 3.8) is 0 Å². The van der Waals surface area contributed by atoms with E-state index in [-0.39, 0.29) is 17.0 Å². The van der Waals surface area contributed by atoms with Gasteiger partial charge in [0.15, 0.2) is 0 Å². The van der Waals surface area contributed by atoms with E-state index < -0.39 is 17.4 Å². The van der Waals surface area contributed by atoms with Crippen LogP contribution in [0.3, 0.4) is 0 Å². The smallest absolute Gasteiger partial charge is 0.336 e. The molecule has 3 N–H and O–H groups in total. The van der Waals surface area contributed by atoms with Crippen LogP contribution in [0, 0.1) is 6.92 Å². The number of rotatable bonds is 3. The average molecular weight is 290 g/mol. The Hall–Kier alpha value is -2.37. The van der Waals surface area contributed by atoms with Gasteiger partial charge in [0.05, 0.1) is 11.1 Å². The minimum Gasteiger partial charge on any atom is -0.478 e. The van der Waals surface area contributed by atoms with Crippen LogP contribution in [0.25, 0.3) is 0 Å². The topological polar surface area (TPSA) is 95.5 Å². The van der Waals surface area contributed by atoms with Gasteiger partial charge in [0.2, 0.25) is 5.91 Å². The first kappa shape index (κ1) is 15.0. The van der Waals surface area contributed by atoms with Crippen LogP contribution in [0.5, 0.6) is 0 Å². The van der Waals surface area contributed by atoms with Crippen molar-refractivity contribution in [2.45, 2.75) is 32.2 Å². The number of hydrogen-bond acceptors (Lipinski definition) is 3. The van der Waals surface area contributed by atoms with Crippen molar-refractivity contribution in [3.05, 3.63) is 34.9 Å². The Bertz CT molecular complexity index is 612. The van der Waals surface area contributed by atoms with E-state index in [1.54, 1.807) is 19.9 Å². The molecule has 1 aromatic carbocycles. The lowest BCUT2D eigenvalue weighted by atomic mass is 9.90. The first-order chi connectivity index (χ1) is 9.83. The van der Waals surface area contributed by atoms with Crippen LogP contribution in [0.4, 0.5) is 0 Å². The van der Waals surface area contributed by atoms with Gasteiger partial charge in [0.1, 0.15) is 5.54 Å². The summed E-state index contributed by atoms with van der Waals surface area (Å²) in [5, 5.41) is 14.6. The molecule has 1 saturated heterocycles. The number of aromatic carboxylic acids is 1. The molecule has 1 heterocycles. The molecule has 1 fully saturated rings. The summed E-state index contributed by atoms with van der Waals surface area (Å²) in [5.41, 5.74) is -0.249. The van der Waals surface area contributed by atoms with Crippen LogP contribution >= 0.6 is 0 Å². The predicted molar refractivity (Wildman–Crippen MR) is 76.3 cm³/mol. The molecule has 6 nitrogen and oxygen atoms in total. The molecule has 0 aliphatic carbocycles. The van der Waals surface area contributed by atoms with Gasteiger partial charge in [-0.15, -0.1) is 0 Å². The summed E-state index contributed by atoms with van der Waals surface area (Å²) in [5.74, 6) is -1.96. The molecule has 1 aliphatic heterocycles. The third kappa shape index (κ3) is 3.04. The van der Waals surface area contributed by atoms with Crippen molar-refractivity contribution < 1.29 is 19.5 Å². The second-order valence-electron chi connectivity index (χ2n) is 5.50. The number of carbonyl (C=O) groups excluding carboxylic acids is 2. The maximum absolute atomic E-state index is 12.3. The highest BCUT2D eigenvalue weighted by atomic mass is 16.4. The summed E-state index contributed by atoms with van der Waals surface area (Å²) in [6.07, 6.45) is 1.29. The number of benzene rings is 1. The number of aryl methyl sites for hydroxylation is 1. The Morgan fingerprint density at radius 2 is 2.05 bits per heavy atom. The second kappa shape index (κ2) is 5.55. The van der Waals surface area contributed by atoms with Crippen LogP contribution < -0.4 is 10.6 Å². The number of amides is 2.